The summed E-state index contributed by atoms with van der Waals surface area (Å²) in [5, 5.41) is 9.47. The lowest BCUT2D eigenvalue weighted by Crippen LogP contribution is -2.42. The fourth-order valence-electron chi connectivity index (χ4n) is 3.58. The first-order valence-corrected chi connectivity index (χ1v) is 9.45. The molecule has 0 fully saturated rings. The van der Waals surface area contributed by atoms with Gasteiger partial charge in [-0.05, 0) is 42.3 Å². The molecular weight excluding hydrogens is 445 g/mol. The number of fused-ring (bicyclic) bond motifs is 1. The van der Waals surface area contributed by atoms with Gasteiger partial charge in [0.1, 0.15) is 5.56 Å². The van der Waals surface area contributed by atoms with Gasteiger partial charge in [-0.1, -0.05) is 12.1 Å². The SMILES string of the molecule is Cc1c(Cn2c(=O)c(C(=O)O)cn(-c3ccc4[nH]c(=O)[nH]c4c3)c2=O)cccc1C(F)(F)F. The zero-order chi connectivity index (χ0) is 24.1. The Balaban J connectivity index is 1.93. The number of nitrogens with zero attached hydrogens (tertiary/aromatic N) is 2. The molecule has 3 N–H and O–H groups in total. The third-order valence-electron chi connectivity index (χ3n) is 5.26. The van der Waals surface area contributed by atoms with E-state index in [-0.39, 0.29) is 16.8 Å². The molecule has 2 heterocycles. The first-order chi connectivity index (χ1) is 15.5. The van der Waals surface area contributed by atoms with Crippen LogP contribution in [0.4, 0.5) is 13.2 Å². The molecule has 0 amide bonds. The Hall–Kier alpha value is -4.35. The lowest BCUT2D eigenvalue weighted by atomic mass is 10.0. The van der Waals surface area contributed by atoms with E-state index in [0.717, 1.165) is 22.9 Å². The molecule has 0 atom stereocenters. The van der Waals surface area contributed by atoms with E-state index in [1.807, 2.05) is 0 Å². The number of hydrogen-bond donors (Lipinski definition) is 3. The van der Waals surface area contributed by atoms with Gasteiger partial charge in [0.15, 0.2) is 0 Å². The number of alkyl halides is 3. The molecule has 0 radical (unpaired) electrons. The molecule has 0 unspecified atom stereocenters. The number of imidazole rings is 1. The summed E-state index contributed by atoms with van der Waals surface area (Å²) in [4.78, 5) is 54.0. The molecule has 0 bridgehead atoms. The van der Waals surface area contributed by atoms with Crippen molar-refractivity contribution in [1.82, 2.24) is 19.1 Å². The molecule has 0 saturated carbocycles. The molecule has 0 saturated heterocycles. The van der Waals surface area contributed by atoms with E-state index in [0.29, 0.717) is 15.6 Å². The molecule has 0 aliphatic rings. The predicted octanol–water partition coefficient (Wildman–Crippen LogP) is 2.24. The van der Waals surface area contributed by atoms with Crippen LogP contribution < -0.4 is 16.9 Å². The molecule has 4 aromatic rings. The van der Waals surface area contributed by atoms with Crippen LogP contribution in [0, 0.1) is 6.92 Å². The van der Waals surface area contributed by atoms with E-state index in [4.69, 9.17) is 0 Å². The maximum absolute atomic E-state index is 13.3. The van der Waals surface area contributed by atoms with Crippen molar-refractivity contribution in [3.8, 4) is 5.69 Å². The highest BCUT2D eigenvalue weighted by molar-refractivity contribution is 5.87. The van der Waals surface area contributed by atoms with Crippen LogP contribution in [0.25, 0.3) is 16.7 Å². The number of hydrogen-bond acceptors (Lipinski definition) is 4. The molecule has 170 valence electrons. The van der Waals surface area contributed by atoms with Crippen LogP contribution in [-0.4, -0.2) is 30.2 Å². The van der Waals surface area contributed by atoms with Crippen molar-refractivity contribution in [3.63, 3.8) is 0 Å². The van der Waals surface area contributed by atoms with Gasteiger partial charge in [0.25, 0.3) is 5.56 Å². The first-order valence-electron chi connectivity index (χ1n) is 9.45. The average Bonchev–Trinajstić information content (AvgIpc) is 3.10. The Morgan fingerprint density at radius 3 is 2.42 bits per heavy atom. The summed E-state index contributed by atoms with van der Waals surface area (Å²) >= 11 is 0. The molecule has 9 nitrogen and oxygen atoms in total. The number of aromatic amines is 2. The zero-order valence-corrected chi connectivity index (χ0v) is 16.9. The Bertz CT molecular complexity index is 1590. The summed E-state index contributed by atoms with van der Waals surface area (Å²) in [6.45, 7) is 0.636. The molecule has 2 aromatic heterocycles. The number of carboxylic acid groups (broad SMARTS) is 1. The Labute approximate surface area is 181 Å². The monoisotopic (exact) mass is 460 g/mol. The van der Waals surface area contributed by atoms with E-state index in [1.165, 1.54) is 31.2 Å². The number of aromatic carboxylic acids is 1. The van der Waals surface area contributed by atoms with E-state index in [1.54, 1.807) is 0 Å². The van der Waals surface area contributed by atoms with E-state index < -0.39 is 46.8 Å². The average molecular weight is 460 g/mol. The minimum Gasteiger partial charge on any atom is -0.477 e. The molecule has 0 aliphatic carbocycles. The normalized spacial score (nSPS) is 11.8. The van der Waals surface area contributed by atoms with Gasteiger partial charge in [-0.3, -0.25) is 13.9 Å². The summed E-state index contributed by atoms with van der Waals surface area (Å²) in [7, 11) is 0. The minimum absolute atomic E-state index is 0.0310. The third kappa shape index (κ3) is 3.86. The number of carboxylic acids is 1. The van der Waals surface area contributed by atoms with Gasteiger partial charge in [-0.2, -0.15) is 13.2 Å². The van der Waals surface area contributed by atoms with Gasteiger partial charge in [0.05, 0.1) is 28.8 Å². The predicted molar refractivity (Wildman–Crippen MR) is 111 cm³/mol. The molecule has 4 rings (SSSR count). The highest BCUT2D eigenvalue weighted by Crippen LogP contribution is 2.33. The van der Waals surface area contributed by atoms with Crippen LogP contribution >= 0.6 is 0 Å². The van der Waals surface area contributed by atoms with E-state index in [9.17, 15) is 37.5 Å². The lowest BCUT2D eigenvalue weighted by Gasteiger charge is -2.16. The highest BCUT2D eigenvalue weighted by Gasteiger charge is 2.33. The first kappa shape index (κ1) is 21.9. The van der Waals surface area contributed by atoms with Crippen LogP contribution in [0.3, 0.4) is 0 Å². The van der Waals surface area contributed by atoms with Gasteiger partial charge in [0, 0.05) is 6.20 Å². The summed E-state index contributed by atoms with van der Waals surface area (Å²) in [5.41, 5.74) is -3.54. The van der Waals surface area contributed by atoms with Gasteiger partial charge in [-0.15, -0.1) is 0 Å². The second-order valence-corrected chi connectivity index (χ2v) is 7.29. The second-order valence-electron chi connectivity index (χ2n) is 7.29. The van der Waals surface area contributed by atoms with Crippen LogP contribution in [-0.2, 0) is 12.7 Å². The van der Waals surface area contributed by atoms with Gasteiger partial charge >= 0.3 is 23.5 Å². The molecule has 0 aliphatic heterocycles. The Morgan fingerprint density at radius 1 is 1.06 bits per heavy atom. The summed E-state index contributed by atoms with van der Waals surface area (Å²) in [5.74, 6) is -1.61. The quantitative estimate of drug-likeness (QED) is 0.430. The fraction of sp³-hybridized carbons (Fsp3) is 0.143. The number of halogens is 3. The highest BCUT2D eigenvalue weighted by atomic mass is 19.4. The summed E-state index contributed by atoms with van der Waals surface area (Å²) in [6, 6.07) is 7.63. The second kappa shape index (κ2) is 7.65. The maximum atomic E-state index is 13.3. The van der Waals surface area contributed by atoms with Crippen LogP contribution in [0.2, 0.25) is 0 Å². The molecule has 12 heteroatoms. The van der Waals surface area contributed by atoms with Crippen LogP contribution in [0.15, 0.2) is 57.0 Å². The zero-order valence-electron chi connectivity index (χ0n) is 16.9. The van der Waals surface area contributed by atoms with Gasteiger partial charge < -0.3 is 15.1 Å². The molecule has 2 aromatic carbocycles. The molecule has 0 spiro atoms. The van der Waals surface area contributed by atoms with Crippen molar-refractivity contribution in [1.29, 1.82) is 0 Å². The summed E-state index contributed by atoms with van der Waals surface area (Å²) in [6.07, 6.45) is -3.80. The minimum atomic E-state index is -4.64. The Kier molecular flexibility index (Phi) is 5.07. The maximum Gasteiger partial charge on any atom is 0.416 e. The largest absolute Gasteiger partial charge is 0.477 e. The number of aromatic nitrogens is 4. The smallest absolute Gasteiger partial charge is 0.416 e. The number of benzene rings is 2. The molecular formula is C21H15F3N4O5. The number of carbonyl (C=O) groups is 1. The Morgan fingerprint density at radius 2 is 1.76 bits per heavy atom. The van der Waals surface area contributed by atoms with Crippen LogP contribution in [0.5, 0.6) is 0 Å². The van der Waals surface area contributed by atoms with Crippen molar-refractivity contribution < 1.29 is 23.1 Å². The van der Waals surface area contributed by atoms with Gasteiger partial charge in [-0.25, -0.2) is 14.4 Å². The van der Waals surface area contributed by atoms with Gasteiger partial charge in [0.2, 0.25) is 0 Å². The third-order valence-corrected chi connectivity index (χ3v) is 5.26. The lowest BCUT2D eigenvalue weighted by molar-refractivity contribution is -0.138. The summed E-state index contributed by atoms with van der Waals surface area (Å²) < 4.78 is 41.3. The molecule has 33 heavy (non-hydrogen) atoms. The van der Waals surface area contributed by atoms with Crippen molar-refractivity contribution in [2.75, 3.05) is 0 Å². The van der Waals surface area contributed by atoms with Crippen molar-refractivity contribution in [2.45, 2.75) is 19.6 Å². The van der Waals surface area contributed by atoms with E-state index in [2.05, 4.69) is 9.97 Å². The van der Waals surface area contributed by atoms with Crippen LogP contribution in [0.1, 0.15) is 27.0 Å². The number of nitrogens with one attached hydrogen (secondary N) is 2. The topological polar surface area (TPSA) is 130 Å². The number of rotatable bonds is 4. The number of H-pyrrole nitrogens is 2. The van der Waals surface area contributed by atoms with E-state index >= 15 is 0 Å². The van der Waals surface area contributed by atoms with Crippen molar-refractivity contribution >= 4 is 17.0 Å². The van der Waals surface area contributed by atoms with Crippen molar-refractivity contribution in [3.05, 3.63) is 96.2 Å². The standard InChI is InChI=1S/C21H15F3N4O5/c1-10-11(3-2-4-14(10)21(22,23)24)8-28-17(29)13(18(30)31)9-27(20(28)33)12-5-6-15-16(7-12)26-19(32)25-15/h2-7,9H,8H2,1H3,(H,30,31)(H2,25,26,32). The fourth-order valence-corrected chi connectivity index (χ4v) is 3.58. The van der Waals surface area contributed by atoms with Crippen molar-refractivity contribution in [2.24, 2.45) is 0 Å².